The second-order valence-corrected chi connectivity index (χ2v) is 16.6. The summed E-state index contributed by atoms with van der Waals surface area (Å²) in [6, 6.07) is 14.8. The Hall–Kier alpha value is -4.02. The molecule has 4 aliphatic rings. The maximum absolute atomic E-state index is 14.1. The van der Waals surface area contributed by atoms with Crippen LogP contribution in [-0.2, 0) is 41.8 Å². The van der Waals surface area contributed by atoms with Crippen LogP contribution in [0.2, 0.25) is 0 Å². The highest BCUT2D eigenvalue weighted by Gasteiger charge is 2.52. The predicted octanol–water partition coefficient (Wildman–Crippen LogP) is 5.56. The van der Waals surface area contributed by atoms with E-state index in [1.54, 1.807) is 36.9 Å². The monoisotopic (exact) mass is 758 g/mol. The van der Waals surface area contributed by atoms with Crippen LogP contribution in [0.4, 0.5) is 13.6 Å². The molecule has 3 saturated heterocycles. The van der Waals surface area contributed by atoms with Gasteiger partial charge in [-0.3, -0.25) is 10.2 Å². The van der Waals surface area contributed by atoms with Crippen LogP contribution in [0, 0.1) is 23.5 Å². The van der Waals surface area contributed by atoms with Crippen molar-refractivity contribution >= 4 is 15.9 Å². The molecule has 286 valence electrons. The van der Waals surface area contributed by atoms with Gasteiger partial charge in [0.1, 0.15) is 29.6 Å². The van der Waals surface area contributed by atoms with Gasteiger partial charge < -0.3 is 33.2 Å². The fourth-order valence-electron chi connectivity index (χ4n) is 7.46. The van der Waals surface area contributed by atoms with Crippen molar-refractivity contribution in [2.75, 3.05) is 26.6 Å². The van der Waals surface area contributed by atoms with E-state index in [1.165, 1.54) is 18.2 Å². The van der Waals surface area contributed by atoms with Gasteiger partial charge >= 0.3 is 6.09 Å². The van der Waals surface area contributed by atoms with Crippen LogP contribution < -0.4 is 19.5 Å². The Kier molecular flexibility index (Phi) is 10.6. The van der Waals surface area contributed by atoms with Crippen LogP contribution in [0.5, 0.6) is 17.2 Å². The lowest BCUT2D eigenvalue weighted by Crippen LogP contribution is -2.52. The van der Waals surface area contributed by atoms with Gasteiger partial charge in [-0.05, 0) is 80.1 Å². The normalized spacial score (nSPS) is 25.1. The molecule has 4 aliphatic heterocycles. The van der Waals surface area contributed by atoms with E-state index in [4.69, 9.17) is 33.2 Å². The van der Waals surface area contributed by atoms with Gasteiger partial charge in [-0.15, -0.1) is 0 Å². The quantitative estimate of drug-likeness (QED) is 0.249. The Balaban J connectivity index is 1.10. The lowest BCUT2D eigenvalue weighted by atomic mass is 9.99. The highest BCUT2D eigenvalue weighted by Crippen LogP contribution is 2.39. The minimum atomic E-state index is -3.89. The molecule has 0 aromatic heterocycles. The molecule has 15 heteroatoms. The highest BCUT2D eigenvalue weighted by molar-refractivity contribution is 7.92. The zero-order valence-electron chi connectivity index (χ0n) is 30.0. The van der Waals surface area contributed by atoms with Crippen molar-refractivity contribution in [3.63, 3.8) is 0 Å². The lowest BCUT2D eigenvalue weighted by molar-refractivity contribution is -0.0911. The largest absolute Gasteiger partial charge is 0.489 e. The number of hydrogen-bond donors (Lipinski definition) is 1. The van der Waals surface area contributed by atoms with Crippen LogP contribution in [0.15, 0.2) is 65.6 Å². The number of sulfone groups is 1. The van der Waals surface area contributed by atoms with E-state index in [9.17, 15) is 22.0 Å². The molecule has 6 atom stereocenters. The number of nitrogens with zero attached hydrogens (tertiary/aromatic N) is 1. The van der Waals surface area contributed by atoms with E-state index in [-0.39, 0.29) is 43.3 Å². The summed E-state index contributed by atoms with van der Waals surface area (Å²) in [5.41, 5.74) is 0.211. The summed E-state index contributed by atoms with van der Waals surface area (Å²) in [5.74, 6) is -0.903. The molecule has 0 aliphatic carbocycles. The number of benzene rings is 3. The van der Waals surface area contributed by atoms with Gasteiger partial charge in [0.2, 0.25) is 6.79 Å². The minimum Gasteiger partial charge on any atom is -0.489 e. The van der Waals surface area contributed by atoms with Crippen molar-refractivity contribution < 1.29 is 55.2 Å². The smallest absolute Gasteiger partial charge is 0.412 e. The Morgan fingerprint density at radius 2 is 1.74 bits per heavy atom. The van der Waals surface area contributed by atoms with E-state index in [0.29, 0.717) is 35.8 Å². The van der Waals surface area contributed by atoms with Crippen LogP contribution in [-0.4, -0.2) is 81.6 Å². The summed E-state index contributed by atoms with van der Waals surface area (Å²) < 4.78 is 95.6. The Morgan fingerprint density at radius 3 is 2.49 bits per heavy atom. The molecule has 3 aromatic rings. The summed E-state index contributed by atoms with van der Waals surface area (Å²) in [5, 5.41) is 2.27. The third kappa shape index (κ3) is 7.81. The molecule has 53 heavy (non-hydrogen) atoms. The summed E-state index contributed by atoms with van der Waals surface area (Å²) in [6.07, 6.45) is -1.03. The zero-order valence-corrected chi connectivity index (χ0v) is 30.8. The number of halogens is 2. The number of carbonyl (C=O) groups is 1. The van der Waals surface area contributed by atoms with E-state index in [0.717, 1.165) is 24.1 Å². The first-order chi connectivity index (χ1) is 25.3. The number of hydrogen-bond acceptors (Lipinski definition) is 11. The Bertz CT molecular complexity index is 1910. The van der Waals surface area contributed by atoms with Crippen LogP contribution in [0.25, 0.3) is 0 Å². The van der Waals surface area contributed by atoms with E-state index < -0.39 is 63.2 Å². The maximum atomic E-state index is 14.1. The van der Waals surface area contributed by atoms with Crippen molar-refractivity contribution in [3.05, 3.63) is 83.4 Å². The standard InChI is InChI=1S/C38H44F2N2O10S/c1-22(2)35(53(44,45)26-10-12-31-32(17-26)50-21-49-31)41-18-33-30(16-23-5-8-25(9-6-23)47-19-24-7-11-28(39)29(40)15-24)42(38(3,4)52-33)37(43)51-34-20-48-36-27(34)13-14-46-36/h5-12,15,17,22,27,30,33-36,41H,13-14,16,18-21H2,1-4H3/t27-,30-,33+,34-,35?,36+/m0/s1. The zero-order chi connectivity index (χ0) is 37.5. The molecular weight excluding hydrogens is 714 g/mol. The average Bonchev–Trinajstić information content (AvgIpc) is 3.90. The molecular formula is C38H44F2N2O10S. The number of amides is 1. The fourth-order valence-corrected chi connectivity index (χ4v) is 9.31. The second-order valence-electron chi connectivity index (χ2n) is 14.5. The molecule has 0 saturated carbocycles. The van der Waals surface area contributed by atoms with Gasteiger partial charge in [0.15, 0.2) is 39.3 Å². The SMILES string of the molecule is CC(C)C(NC[C@H]1OC(C)(C)N(C(=O)O[C@H]2CO[C@H]3OCC[C@H]32)[C@H]1Cc1ccc(OCc2ccc(F)c(F)c2)cc1)S(=O)(=O)c1ccc2c(c1)OCO2. The number of ether oxygens (including phenoxy) is 7. The second kappa shape index (κ2) is 15.0. The topological polar surface area (TPSA) is 131 Å². The van der Waals surface area contributed by atoms with Gasteiger partial charge in [-0.25, -0.2) is 22.0 Å². The molecule has 1 unspecified atom stereocenters. The number of fused-ring (bicyclic) bond motifs is 2. The van der Waals surface area contributed by atoms with Crippen molar-refractivity contribution in [1.29, 1.82) is 0 Å². The fraction of sp³-hybridized carbons (Fsp3) is 0.500. The molecule has 7 rings (SSSR count). The molecule has 1 N–H and O–H groups in total. The van der Waals surface area contributed by atoms with E-state index in [2.05, 4.69) is 5.32 Å². The van der Waals surface area contributed by atoms with Gasteiger partial charge in [0.25, 0.3) is 0 Å². The highest BCUT2D eigenvalue weighted by atomic mass is 32.2. The number of rotatable bonds is 12. The van der Waals surface area contributed by atoms with E-state index in [1.807, 2.05) is 26.0 Å². The minimum absolute atomic E-state index is 0.0234. The first-order valence-corrected chi connectivity index (χ1v) is 19.3. The molecule has 12 nitrogen and oxygen atoms in total. The third-order valence-corrected chi connectivity index (χ3v) is 12.4. The molecule has 0 bridgehead atoms. The Labute approximate surface area is 307 Å². The van der Waals surface area contributed by atoms with Crippen molar-refractivity contribution in [3.8, 4) is 17.2 Å². The van der Waals surface area contributed by atoms with Crippen LogP contribution in [0.1, 0.15) is 45.2 Å². The summed E-state index contributed by atoms with van der Waals surface area (Å²) in [4.78, 5) is 15.8. The maximum Gasteiger partial charge on any atom is 0.412 e. The van der Waals surface area contributed by atoms with Gasteiger partial charge in [-0.1, -0.05) is 32.0 Å². The molecule has 1 amide bonds. The van der Waals surface area contributed by atoms with Gasteiger partial charge in [0, 0.05) is 12.6 Å². The molecule has 3 aromatic carbocycles. The Morgan fingerprint density at radius 1 is 0.981 bits per heavy atom. The van der Waals surface area contributed by atoms with Crippen molar-refractivity contribution in [1.82, 2.24) is 10.2 Å². The first kappa shape index (κ1) is 37.3. The first-order valence-electron chi connectivity index (χ1n) is 17.7. The molecule has 0 spiro atoms. The van der Waals surface area contributed by atoms with Gasteiger partial charge in [0.05, 0.1) is 36.2 Å². The summed E-state index contributed by atoms with van der Waals surface area (Å²) >= 11 is 0. The number of carbonyl (C=O) groups excluding carboxylic acids is 1. The van der Waals surface area contributed by atoms with Crippen LogP contribution >= 0.6 is 0 Å². The number of nitrogens with one attached hydrogen (secondary N) is 1. The lowest BCUT2D eigenvalue weighted by Gasteiger charge is -2.34. The molecule has 0 radical (unpaired) electrons. The van der Waals surface area contributed by atoms with Crippen LogP contribution in [0.3, 0.4) is 0 Å². The predicted molar refractivity (Wildman–Crippen MR) is 186 cm³/mol. The summed E-state index contributed by atoms with van der Waals surface area (Å²) in [6.45, 7) is 8.14. The molecule has 4 heterocycles. The molecule has 3 fully saturated rings. The van der Waals surface area contributed by atoms with Crippen molar-refractivity contribution in [2.45, 2.75) is 87.7 Å². The van der Waals surface area contributed by atoms with Gasteiger partial charge in [-0.2, -0.15) is 0 Å². The van der Waals surface area contributed by atoms with Crippen molar-refractivity contribution in [2.24, 2.45) is 11.8 Å². The average molecular weight is 759 g/mol. The third-order valence-electron chi connectivity index (χ3n) is 10.1. The van der Waals surface area contributed by atoms with E-state index >= 15 is 0 Å². The summed E-state index contributed by atoms with van der Waals surface area (Å²) in [7, 11) is -3.89.